The molecule has 2 N–H and O–H groups in total. The fraction of sp³-hybridized carbons (Fsp3) is 0.303. The van der Waals surface area contributed by atoms with Gasteiger partial charge in [0.25, 0.3) is 0 Å². The molecular weight excluding hydrogens is 748 g/mol. The van der Waals surface area contributed by atoms with E-state index in [1.807, 2.05) is 31.3 Å². The Morgan fingerprint density at radius 2 is 1.84 bits per heavy atom. The van der Waals surface area contributed by atoms with Crippen molar-refractivity contribution in [2.45, 2.75) is 39.8 Å². The zero-order valence-electron chi connectivity index (χ0n) is 24.6. The number of nitrogens with zero attached hydrogens (tertiary/aromatic N) is 3. The maximum absolute atomic E-state index is 16.7. The molecule has 0 radical (unpaired) electrons. The zero-order chi connectivity index (χ0) is 30.9. The molecule has 4 aromatic rings. The van der Waals surface area contributed by atoms with Crippen molar-refractivity contribution in [2.24, 2.45) is 11.7 Å². The SMILES string of the molecule is CC(C)COc1ccc(-c2c(F)c3n(Cc4ccccc4F)cc(O[At])c(=O)n3c2CN(C)CCC/C=C\C=C/N)cc1. The van der Waals surface area contributed by atoms with E-state index < -0.39 is 17.2 Å². The molecule has 0 aliphatic rings. The van der Waals surface area contributed by atoms with E-state index in [-0.39, 0.29) is 17.9 Å². The van der Waals surface area contributed by atoms with Gasteiger partial charge in [-0.2, -0.15) is 0 Å². The standard InChI is InChI=1S/C33H37AtF2N4O3/c1-23(2)22-42-26-15-13-24(14-16-26)30-28(20-38(3)18-10-6-4-5-9-17-37)40-32(31(30)36)39(21-29(43-34)33(40)41)19-25-11-7-8-12-27(25)35/h4-5,7-9,11-17,21,23H,6,10,18-20,22,37H2,1-3H3/b5-4-,17-9-. The van der Waals surface area contributed by atoms with Gasteiger partial charge in [0.15, 0.2) is 0 Å². The van der Waals surface area contributed by atoms with Gasteiger partial charge in [-0.1, -0.05) is 13.8 Å². The van der Waals surface area contributed by atoms with Crippen LogP contribution in [0, 0.1) is 42.7 Å². The molecule has 43 heavy (non-hydrogen) atoms. The van der Waals surface area contributed by atoms with Crippen LogP contribution in [0.3, 0.4) is 0 Å². The minimum absolute atomic E-state index is 0.0141. The predicted molar refractivity (Wildman–Crippen MR) is 162 cm³/mol. The van der Waals surface area contributed by atoms with Crippen molar-refractivity contribution in [3.8, 4) is 22.6 Å². The molecule has 0 saturated carbocycles. The molecule has 2 heterocycles. The van der Waals surface area contributed by atoms with E-state index in [4.69, 9.17) is 13.3 Å². The van der Waals surface area contributed by atoms with E-state index in [0.717, 1.165) is 38.0 Å². The first-order valence-corrected chi connectivity index (χ1v) is 15.4. The van der Waals surface area contributed by atoms with Gasteiger partial charge in [0.2, 0.25) is 0 Å². The third-order valence-corrected chi connectivity index (χ3v) is 7.59. The Labute approximate surface area is 266 Å². The second-order valence-electron chi connectivity index (χ2n) is 10.8. The quantitative estimate of drug-likeness (QED) is 0.122. The van der Waals surface area contributed by atoms with Gasteiger partial charge in [-0.25, -0.2) is 0 Å². The second-order valence-corrected chi connectivity index (χ2v) is 11.4. The number of ether oxygens (including phenoxy) is 1. The van der Waals surface area contributed by atoms with Crippen LogP contribution in [0.1, 0.15) is 37.9 Å². The van der Waals surface area contributed by atoms with Crippen LogP contribution in [0.25, 0.3) is 16.8 Å². The van der Waals surface area contributed by atoms with Crippen LogP contribution in [0.4, 0.5) is 8.78 Å². The summed E-state index contributed by atoms with van der Waals surface area (Å²) in [6, 6.07) is 13.6. The number of hydrogen-bond acceptors (Lipinski definition) is 5. The first kappa shape index (κ1) is 32.4. The molecule has 0 aliphatic heterocycles. The second kappa shape index (κ2) is 15.3. The summed E-state index contributed by atoms with van der Waals surface area (Å²) in [6.07, 6.45) is 10.3. The topological polar surface area (TPSA) is 74.1 Å². The third-order valence-electron chi connectivity index (χ3n) is 6.94. The molecule has 0 fully saturated rings. The van der Waals surface area contributed by atoms with Gasteiger partial charge in [0, 0.05) is 0 Å². The van der Waals surface area contributed by atoms with E-state index in [1.165, 1.54) is 22.9 Å². The van der Waals surface area contributed by atoms with Crippen molar-refractivity contribution in [3.05, 3.63) is 112 Å². The van der Waals surface area contributed by atoms with E-state index in [0.29, 0.717) is 53.7 Å². The fourth-order valence-corrected chi connectivity index (χ4v) is 5.29. The number of halogens is 2. The van der Waals surface area contributed by atoms with E-state index >= 15 is 4.39 Å². The van der Waals surface area contributed by atoms with Crippen molar-refractivity contribution in [3.63, 3.8) is 0 Å². The first-order chi connectivity index (χ1) is 20.7. The number of aromatic nitrogens is 2. The van der Waals surface area contributed by atoms with E-state index in [9.17, 15) is 9.18 Å². The maximum atomic E-state index is 16.7. The number of fused-ring (bicyclic) bond motifs is 1. The summed E-state index contributed by atoms with van der Waals surface area (Å²) in [5.74, 6) is 0.126. The van der Waals surface area contributed by atoms with Crippen LogP contribution in [0.5, 0.6) is 11.5 Å². The van der Waals surface area contributed by atoms with Gasteiger partial charge in [0.1, 0.15) is 0 Å². The van der Waals surface area contributed by atoms with Gasteiger partial charge in [0.05, 0.1) is 0 Å². The summed E-state index contributed by atoms with van der Waals surface area (Å²) in [5.41, 5.74) is 6.74. The summed E-state index contributed by atoms with van der Waals surface area (Å²) in [6.45, 7) is 5.72. The molecule has 2 aromatic carbocycles. The molecule has 0 bridgehead atoms. The van der Waals surface area contributed by atoms with Gasteiger partial charge in [-0.05, 0) is 18.2 Å². The van der Waals surface area contributed by atoms with Crippen molar-refractivity contribution in [1.82, 2.24) is 13.9 Å². The molecule has 10 heteroatoms. The molecule has 2 aromatic heterocycles. The molecule has 228 valence electrons. The van der Waals surface area contributed by atoms with Crippen LogP contribution in [-0.2, 0) is 13.1 Å². The Morgan fingerprint density at radius 3 is 2.51 bits per heavy atom. The van der Waals surface area contributed by atoms with Crippen LogP contribution >= 0.6 is 0 Å². The Hall–Kier alpha value is -3.49. The number of allylic oxidation sites excluding steroid dienone is 3. The molecule has 4 rings (SSSR count). The Bertz CT molecular complexity index is 1640. The Kier molecular flexibility index (Phi) is 11.5. The normalized spacial score (nSPS) is 12.0. The molecule has 0 saturated heterocycles. The van der Waals surface area contributed by atoms with Crippen molar-refractivity contribution in [2.75, 3.05) is 20.2 Å². The monoisotopic (exact) mass is 785 g/mol. The zero-order valence-corrected chi connectivity index (χ0v) is 27.5. The number of hydrogen-bond donors (Lipinski definition) is 1. The first-order valence-electron chi connectivity index (χ1n) is 14.2. The molecular formula is C33H37AtF2N4O3. The fourth-order valence-electron chi connectivity index (χ4n) is 4.88. The molecule has 0 unspecified atom stereocenters. The number of rotatable bonds is 14. The summed E-state index contributed by atoms with van der Waals surface area (Å²) >= 11 is 0.940. The molecule has 0 spiro atoms. The number of unbranched alkanes of at least 4 members (excludes halogenated alkanes) is 1. The Morgan fingerprint density at radius 1 is 1.09 bits per heavy atom. The molecule has 0 amide bonds. The van der Waals surface area contributed by atoms with Crippen LogP contribution in [0.2, 0.25) is 0 Å². The summed E-state index contributed by atoms with van der Waals surface area (Å²) in [4.78, 5) is 15.8. The van der Waals surface area contributed by atoms with E-state index in [2.05, 4.69) is 18.7 Å². The van der Waals surface area contributed by atoms with Crippen molar-refractivity contribution >= 4 is 5.65 Å². The van der Waals surface area contributed by atoms with Gasteiger partial charge in [-0.15, -0.1) is 0 Å². The van der Waals surface area contributed by atoms with Crippen LogP contribution in [0.15, 0.2) is 84.0 Å². The van der Waals surface area contributed by atoms with Crippen LogP contribution < -0.4 is 18.8 Å². The van der Waals surface area contributed by atoms with Gasteiger partial charge >= 0.3 is 230 Å². The van der Waals surface area contributed by atoms with Gasteiger partial charge in [-0.3, -0.25) is 0 Å². The average Bonchev–Trinajstić information content (AvgIpc) is 3.28. The average molecular weight is 786 g/mol. The van der Waals surface area contributed by atoms with Crippen molar-refractivity contribution in [1.29, 1.82) is 0 Å². The Balaban J connectivity index is 1.83. The number of benzene rings is 2. The minimum atomic E-state index is -0.559. The number of nitrogens with two attached hydrogens (primary N) is 1. The summed E-state index contributed by atoms with van der Waals surface area (Å²) < 4.78 is 45.6. The van der Waals surface area contributed by atoms with E-state index in [1.54, 1.807) is 41.0 Å². The summed E-state index contributed by atoms with van der Waals surface area (Å²) in [7, 11) is 1.94. The van der Waals surface area contributed by atoms with Crippen molar-refractivity contribution < 1.29 is 41.5 Å². The molecule has 0 atom stereocenters. The molecule has 7 nitrogen and oxygen atoms in total. The molecule has 0 aliphatic carbocycles. The predicted octanol–water partition coefficient (Wildman–Crippen LogP) is 6.21. The van der Waals surface area contributed by atoms with Crippen LogP contribution in [-0.4, -0.2) is 34.1 Å². The third kappa shape index (κ3) is 7.92. The van der Waals surface area contributed by atoms with Gasteiger partial charge < -0.3 is 5.73 Å². The summed E-state index contributed by atoms with van der Waals surface area (Å²) in [5, 5.41) is 0.